The summed E-state index contributed by atoms with van der Waals surface area (Å²) in [5.41, 5.74) is 0.927. The van der Waals surface area contributed by atoms with Gasteiger partial charge in [0.15, 0.2) is 0 Å². The van der Waals surface area contributed by atoms with Crippen LogP contribution in [0.1, 0.15) is 39.5 Å². The van der Waals surface area contributed by atoms with Gasteiger partial charge in [-0.1, -0.05) is 45.2 Å². The molecule has 0 aliphatic carbocycles. The zero-order chi connectivity index (χ0) is 15.1. The molecule has 1 aromatic carbocycles. The Morgan fingerprint density at radius 3 is 3.00 bits per heavy atom. The van der Waals surface area contributed by atoms with Gasteiger partial charge in [-0.25, -0.2) is 4.79 Å². The van der Waals surface area contributed by atoms with Gasteiger partial charge in [0.25, 0.3) is 0 Å². The highest BCUT2D eigenvalue weighted by molar-refractivity contribution is 5.77. The third-order valence-electron chi connectivity index (χ3n) is 3.90. The number of para-hydroxylation sites is 2. The van der Waals surface area contributed by atoms with Crippen LogP contribution in [-0.4, -0.2) is 25.2 Å². The molecule has 4 nitrogen and oxygen atoms in total. The lowest BCUT2D eigenvalue weighted by atomic mass is 10.0. The zero-order valence-electron chi connectivity index (χ0n) is 12.9. The third-order valence-corrected chi connectivity index (χ3v) is 3.90. The first-order valence-corrected chi connectivity index (χ1v) is 7.90. The summed E-state index contributed by atoms with van der Waals surface area (Å²) in [7, 11) is 0. The van der Waals surface area contributed by atoms with Gasteiger partial charge in [-0.3, -0.25) is 0 Å². The number of carbonyl (C=O) groups excluding carboxylic acids is 1. The van der Waals surface area contributed by atoms with Crippen LogP contribution in [0.4, 0.5) is 5.69 Å². The number of nitrogens with one attached hydrogen (secondary N) is 1. The van der Waals surface area contributed by atoms with Crippen LogP contribution >= 0.6 is 0 Å². The van der Waals surface area contributed by atoms with Crippen molar-refractivity contribution in [1.29, 1.82) is 0 Å². The predicted molar refractivity (Wildman–Crippen MR) is 83.6 cm³/mol. The van der Waals surface area contributed by atoms with Crippen molar-refractivity contribution >= 4 is 11.7 Å². The van der Waals surface area contributed by atoms with E-state index in [1.54, 1.807) is 0 Å². The van der Waals surface area contributed by atoms with Crippen LogP contribution in [0.25, 0.3) is 0 Å². The second kappa shape index (κ2) is 7.91. The molecule has 116 valence electrons. The summed E-state index contributed by atoms with van der Waals surface area (Å²) in [4.78, 5) is 12.1. The van der Waals surface area contributed by atoms with E-state index in [-0.39, 0.29) is 5.97 Å². The van der Waals surface area contributed by atoms with E-state index in [0.717, 1.165) is 18.5 Å². The van der Waals surface area contributed by atoms with Gasteiger partial charge in [0.05, 0.1) is 18.8 Å². The summed E-state index contributed by atoms with van der Waals surface area (Å²) in [5, 5.41) is 3.20. The largest absolute Gasteiger partial charge is 0.475 e. The first kappa shape index (κ1) is 15.7. The number of hydrogen-bond acceptors (Lipinski definition) is 4. The molecule has 1 aromatic rings. The Labute approximate surface area is 126 Å². The van der Waals surface area contributed by atoms with E-state index in [2.05, 4.69) is 19.2 Å². The van der Waals surface area contributed by atoms with E-state index in [9.17, 15) is 4.79 Å². The quantitative estimate of drug-likeness (QED) is 0.779. The fourth-order valence-electron chi connectivity index (χ4n) is 2.44. The fourth-order valence-corrected chi connectivity index (χ4v) is 2.44. The standard InChI is InChI=1S/C17H25NO3/c1-3-5-8-13(4-2)12-20-17(19)16-11-18-14-9-6-7-10-15(14)21-16/h6-7,9-10,13,16,18H,3-5,8,11-12H2,1-2H3. The lowest BCUT2D eigenvalue weighted by molar-refractivity contribution is -0.153. The molecule has 0 saturated carbocycles. The second-order valence-electron chi connectivity index (χ2n) is 5.53. The molecule has 4 heteroatoms. The number of rotatable bonds is 7. The first-order chi connectivity index (χ1) is 10.2. The van der Waals surface area contributed by atoms with E-state index in [1.807, 2.05) is 24.3 Å². The van der Waals surface area contributed by atoms with Gasteiger partial charge in [0.2, 0.25) is 6.10 Å². The number of ether oxygens (including phenoxy) is 2. The summed E-state index contributed by atoms with van der Waals surface area (Å²) in [6.07, 6.45) is 3.97. The average molecular weight is 291 g/mol. The van der Waals surface area contributed by atoms with Crippen molar-refractivity contribution in [2.24, 2.45) is 5.92 Å². The lowest BCUT2D eigenvalue weighted by Gasteiger charge is -2.26. The Morgan fingerprint density at radius 1 is 1.43 bits per heavy atom. The van der Waals surface area contributed by atoms with E-state index < -0.39 is 6.10 Å². The number of hydrogen-bond donors (Lipinski definition) is 1. The molecular weight excluding hydrogens is 266 g/mol. The van der Waals surface area contributed by atoms with Crippen molar-refractivity contribution in [3.63, 3.8) is 0 Å². The van der Waals surface area contributed by atoms with Gasteiger partial charge >= 0.3 is 5.97 Å². The van der Waals surface area contributed by atoms with Gasteiger partial charge in [0.1, 0.15) is 5.75 Å². The normalized spacial score (nSPS) is 18.1. The highest BCUT2D eigenvalue weighted by atomic mass is 16.6. The average Bonchev–Trinajstić information content (AvgIpc) is 2.54. The van der Waals surface area contributed by atoms with Crippen molar-refractivity contribution in [3.8, 4) is 5.75 Å². The molecule has 2 atom stereocenters. The van der Waals surface area contributed by atoms with Crippen LogP contribution < -0.4 is 10.1 Å². The number of carbonyl (C=O) groups is 1. The number of fused-ring (bicyclic) bond motifs is 1. The van der Waals surface area contributed by atoms with E-state index in [4.69, 9.17) is 9.47 Å². The monoisotopic (exact) mass is 291 g/mol. The predicted octanol–water partition coefficient (Wildman–Crippen LogP) is 3.62. The fraction of sp³-hybridized carbons (Fsp3) is 0.588. The molecule has 21 heavy (non-hydrogen) atoms. The topological polar surface area (TPSA) is 47.6 Å². The molecule has 0 saturated heterocycles. The van der Waals surface area contributed by atoms with Crippen molar-refractivity contribution in [2.45, 2.75) is 45.6 Å². The van der Waals surface area contributed by atoms with E-state index in [1.165, 1.54) is 12.8 Å². The first-order valence-electron chi connectivity index (χ1n) is 7.90. The van der Waals surface area contributed by atoms with Crippen LogP contribution in [0, 0.1) is 5.92 Å². The van der Waals surface area contributed by atoms with Crippen molar-refractivity contribution < 1.29 is 14.3 Å². The molecule has 1 N–H and O–H groups in total. The van der Waals surface area contributed by atoms with Crippen LogP contribution in [0.3, 0.4) is 0 Å². The van der Waals surface area contributed by atoms with Gasteiger partial charge < -0.3 is 14.8 Å². The number of esters is 1. The van der Waals surface area contributed by atoms with Gasteiger partial charge in [-0.05, 0) is 24.5 Å². The van der Waals surface area contributed by atoms with Gasteiger partial charge in [-0.15, -0.1) is 0 Å². The minimum absolute atomic E-state index is 0.271. The molecule has 1 aliphatic heterocycles. The van der Waals surface area contributed by atoms with Crippen LogP contribution in [0.2, 0.25) is 0 Å². The number of unbranched alkanes of at least 4 members (excludes halogenated alkanes) is 1. The summed E-state index contributed by atoms with van der Waals surface area (Å²) in [5.74, 6) is 0.897. The van der Waals surface area contributed by atoms with E-state index >= 15 is 0 Å². The molecule has 0 bridgehead atoms. The minimum atomic E-state index is -0.552. The maximum absolute atomic E-state index is 12.1. The number of benzene rings is 1. The molecule has 0 amide bonds. The van der Waals surface area contributed by atoms with Gasteiger partial charge in [0, 0.05) is 0 Å². The highest BCUT2D eigenvalue weighted by Crippen LogP contribution is 2.28. The Morgan fingerprint density at radius 2 is 2.24 bits per heavy atom. The van der Waals surface area contributed by atoms with Crippen LogP contribution in [-0.2, 0) is 9.53 Å². The Hall–Kier alpha value is -1.71. The summed E-state index contributed by atoms with van der Waals surface area (Å²) < 4.78 is 11.1. The summed E-state index contributed by atoms with van der Waals surface area (Å²) in [6, 6.07) is 7.63. The SMILES string of the molecule is CCCCC(CC)COC(=O)C1CNc2ccccc2O1. The Balaban J connectivity index is 1.82. The summed E-state index contributed by atoms with van der Waals surface area (Å²) in [6.45, 7) is 5.28. The Bertz CT molecular complexity index is 461. The molecule has 2 unspecified atom stereocenters. The Kier molecular flexibility index (Phi) is 5.90. The van der Waals surface area contributed by atoms with Crippen molar-refractivity contribution in [3.05, 3.63) is 24.3 Å². The number of anilines is 1. The minimum Gasteiger partial charge on any atom is -0.475 e. The molecule has 1 aliphatic rings. The van der Waals surface area contributed by atoms with Crippen molar-refractivity contribution in [1.82, 2.24) is 0 Å². The van der Waals surface area contributed by atoms with Crippen LogP contribution in [0.15, 0.2) is 24.3 Å². The second-order valence-corrected chi connectivity index (χ2v) is 5.53. The molecular formula is C17H25NO3. The zero-order valence-corrected chi connectivity index (χ0v) is 12.9. The van der Waals surface area contributed by atoms with E-state index in [0.29, 0.717) is 24.8 Å². The molecule has 0 radical (unpaired) electrons. The van der Waals surface area contributed by atoms with Crippen molar-refractivity contribution in [2.75, 3.05) is 18.5 Å². The van der Waals surface area contributed by atoms with Gasteiger partial charge in [-0.2, -0.15) is 0 Å². The van der Waals surface area contributed by atoms with Crippen LogP contribution in [0.5, 0.6) is 5.75 Å². The molecule has 2 rings (SSSR count). The molecule has 1 heterocycles. The maximum Gasteiger partial charge on any atom is 0.349 e. The highest BCUT2D eigenvalue weighted by Gasteiger charge is 2.27. The maximum atomic E-state index is 12.1. The molecule has 0 spiro atoms. The molecule has 0 fully saturated rings. The molecule has 0 aromatic heterocycles. The summed E-state index contributed by atoms with van der Waals surface area (Å²) >= 11 is 0. The lowest BCUT2D eigenvalue weighted by Crippen LogP contribution is -2.39. The third kappa shape index (κ3) is 4.38. The smallest absolute Gasteiger partial charge is 0.349 e.